The van der Waals surface area contributed by atoms with E-state index in [1.807, 2.05) is 30.5 Å². The number of para-hydroxylation sites is 1. The Bertz CT molecular complexity index is 936. The molecule has 0 atom stereocenters. The number of anilines is 1. The number of ether oxygens (including phenoxy) is 1. The third-order valence-corrected chi connectivity index (χ3v) is 4.82. The lowest BCUT2D eigenvalue weighted by Crippen LogP contribution is -2.25. The Balaban J connectivity index is 1.51. The van der Waals surface area contributed by atoms with E-state index in [1.165, 1.54) is 11.1 Å². The minimum Gasteiger partial charge on any atom is -0.487 e. The molecule has 2 aromatic carbocycles. The van der Waals surface area contributed by atoms with Gasteiger partial charge in [-0.1, -0.05) is 29.8 Å². The number of hydrogen-bond donors (Lipinski definition) is 1. The Morgan fingerprint density at radius 1 is 1.20 bits per heavy atom. The molecular formula is C21H21ClN2O. The number of rotatable bonds is 4. The average molecular weight is 353 g/mol. The van der Waals surface area contributed by atoms with Gasteiger partial charge < -0.3 is 10.1 Å². The van der Waals surface area contributed by atoms with Crippen LogP contribution in [0.2, 0.25) is 5.02 Å². The number of hydrogen-bond acceptors (Lipinski definition) is 3. The van der Waals surface area contributed by atoms with Crippen molar-refractivity contribution in [3.8, 4) is 5.75 Å². The van der Waals surface area contributed by atoms with Crippen LogP contribution < -0.4 is 10.1 Å². The number of benzene rings is 2. The van der Waals surface area contributed by atoms with Crippen molar-refractivity contribution in [3.63, 3.8) is 0 Å². The zero-order chi connectivity index (χ0) is 17.4. The molecule has 0 fully saturated rings. The molecule has 0 amide bonds. The Kier molecular flexibility index (Phi) is 4.04. The van der Waals surface area contributed by atoms with Crippen LogP contribution >= 0.6 is 11.6 Å². The molecule has 0 aliphatic carbocycles. The zero-order valence-electron chi connectivity index (χ0n) is 14.5. The molecule has 2 heterocycles. The van der Waals surface area contributed by atoms with Gasteiger partial charge in [0.25, 0.3) is 0 Å². The SMILES string of the molecule is CC1(C)Cc2cccc(CCNc3ccnc4cc(Cl)ccc34)c2O1. The van der Waals surface area contributed by atoms with Crippen molar-refractivity contribution in [1.29, 1.82) is 0 Å². The van der Waals surface area contributed by atoms with Crippen LogP contribution in [-0.4, -0.2) is 17.1 Å². The minimum atomic E-state index is -0.105. The molecule has 1 aliphatic rings. The summed E-state index contributed by atoms with van der Waals surface area (Å²) in [6, 6.07) is 14.3. The van der Waals surface area contributed by atoms with Gasteiger partial charge in [-0.25, -0.2) is 0 Å². The second-order valence-corrected chi connectivity index (χ2v) is 7.58. The Labute approximate surface area is 153 Å². The first-order chi connectivity index (χ1) is 12.0. The van der Waals surface area contributed by atoms with Crippen LogP contribution in [0, 0.1) is 0 Å². The highest BCUT2D eigenvalue weighted by Gasteiger charge is 2.31. The van der Waals surface area contributed by atoms with Crippen LogP contribution in [0.5, 0.6) is 5.75 Å². The maximum atomic E-state index is 6.16. The van der Waals surface area contributed by atoms with Crippen molar-refractivity contribution >= 4 is 28.2 Å². The van der Waals surface area contributed by atoms with Gasteiger partial charge in [-0.2, -0.15) is 0 Å². The molecule has 3 aromatic rings. The molecule has 4 rings (SSSR count). The zero-order valence-corrected chi connectivity index (χ0v) is 15.2. The fourth-order valence-corrected chi connectivity index (χ4v) is 3.65. The lowest BCUT2D eigenvalue weighted by atomic mass is 10.00. The van der Waals surface area contributed by atoms with Crippen LogP contribution in [0.1, 0.15) is 25.0 Å². The summed E-state index contributed by atoms with van der Waals surface area (Å²) in [7, 11) is 0. The quantitative estimate of drug-likeness (QED) is 0.695. The topological polar surface area (TPSA) is 34.2 Å². The molecule has 0 radical (unpaired) electrons. The summed E-state index contributed by atoms with van der Waals surface area (Å²) in [4.78, 5) is 4.39. The third kappa shape index (κ3) is 3.29. The molecule has 0 unspecified atom stereocenters. The lowest BCUT2D eigenvalue weighted by molar-refractivity contribution is 0.137. The molecule has 1 aromatic heterocycles. The van der Waals surface area contributed by atoms with Crippen molar-refractivity contribution < 1.29 is 4.74 Å². The van der Waals surface area contributed by atoms with Gasteiger partial charge in [0, 0.05) is 35.3 Å². The number of pyridine rings is 1. The molecule has 1 aliphatic heterocycles. The first-order valence-electron chi connectivity index (χ1n) is 8.60. The van der Waals surface area contributed by atoms with Gasteiger partial charge in [0.15, 0.2) is 0 Å². The molecule has 1 N–H and O–H groups in total. The molecule has 3 nitrogen and oxygen atoms in total. The highest BCUT2D eigenvalue weighted by molar-refractivity contribution is 6.31. The monoisotopic (exact) mass is 352 g/mol. The van der Waals surface area contributed by atoms with E-state index in [1.54, 1.807) is 0 Å². The van der Waals surface area contributed by atoms with Gasteiger partial charge in [0.05, 0.1) is 5.52 Å². The summed E-state index contributed by atoms with van der Waals surface area (Å²) >= 11 is 6.06. The largest absolute Gasteiger partial charge is 0.487 e. The van der Waals surface area contributed by atoms with Gasteiger partial charge in [-0.3, -0.25) is 4.98 Å². The maximum absolute atomic E-state index is 6.16. The maximum Gasteiger partial charge on any atom is 0.126 e. The second kappa shape index (κ2) is 6.23. The second-order valence-electron chi connectivity index (χ2n) is 7.14. The molecule has 4 heteroatoms. The summed E-state index contributed by atoms with van der Waals surface area (Å²) in [6.07, 6.45) is 3.70. The third-order valence-electron chi connectivity index (χ3n) is 4.59. The van der Waals surface area contributed by atoms with E-state index in [9.17, 15) is 0 Å². The smallest absolute Gasteiger partial charge is 0.126 e. The fourth-order valence-electron chi connectivity index (χ4n) is 3.48. The van der Waals surface area contributed by atoms with E-state index < -0.39 is 0 Å². The number of nitrogens with one attached hydrogen (secondary N) is 1. The molecule has 0 saturated carbocycles. The van der Waals surface area contributed by atoms with Crippen LogP contribution in [0.3, 0.4) is 0 Å². The van der Waals surface area contributed by atoms with E-state index >= 15 is 0 Å². The molecular weight excluding hydrogens is 332 g/mol. The van der Waals surface area contributed by atoms with E-state index in [0.717, 1.165) is 41.7 Å². The lowest BCUT2D eigenvalue weighted by Gasteiger charge is -2.18. The Morgan fingerprint density at radius 2 is 2.08 bits per heavy atom. The first-order valence-corrected chi connectivity index (χ1v) is 8.98. The number of fused-ring (bicyclic) bond motifs is 2. The molecule has 0 spiro atoms. The highest BCUT2D eigenvalue weighted by atomic mass is 35.5. The average Bonchev–Trinajstić information content (AvgIpc) is 2.89. The van der Waals surface area contributed by atoms with Crippen molar-refractivity contribution in [1.82, 2.24) is 4.98 Å². The highest BCUT2D eigenvalue weighted by Crippen LogP contribution is 2.37. The van der Waals surface area contributed by atoms with Gasteiger partial charge in [-0.05, 0) is 55.7 Å². The normalized spacial score (nSPS) is 15.0. The van der Waals surface area contributed by atoms with E-state index in [4.69, 9.17) is 16.3 Å². The standard InChI is InChI=1S/C21H21ClN2O/c1-21(2)13-15-5-3-4-14(20(15)25-21)8-10-23-18-9-11-24-19-12-16(22)6-7-17(18)19/h3-7,9,11-12H,8,10,13H2,1-2H3,(H,23,24). The predicted molar refractivity (Wildman–Crippen MR) is 104 cm³/mol. The fraction of sp³-hybridized carbons (Fsp3) is 0.286. The Hall–Kier alpha value is -2.26. The number of nitrogens with zero attached hydrogens (tertiary/aromatic N) is 1. The van der Waals surface area contributed by atoms with Crippen LogP contribution in [0.15, 0.2) is 48.7 Å². The summed E-state index contributed by atoms with van der Waals surface area (Å²) in [5.74, 6) is 1.07. The van der Waals surface area contributed by atoms with Crippen molar-refractivity contribution in [2.75, 3.05) is 11.9 Å². The van der Waals surface area contributed by atoms with E-state index in [-0.39, 0.29) is 5.60 Å². The van der Waals surface area contributed by atoms with Crippen LogP contribution in [-0.2, 0) is 12.8 Å². The minimum absolute atomic E-state index is 0.105. The van der Waals surface area contributed by atoms with E-state index in [0.29, 0.717) is 5.02 Å². The summed E-state index contributed by atoms with van der Waals surface area (Å²) in [6.45, 7) is 5.12. The van der Waals surface area contributed by atoms with Crippen molar-refractivity contribution in [3.05, 3.63) is 64.8 Å². The summed E-state index contributed by atoms with van der Waals surface area (Å²) < 4.78 is 6.16. The summed E-state index contributed by atoms with van der Waals surface area (Å²) in [5.41, 5.74) is 4.45. The molecule has 128 valence electrons. The van der Waals surface area contributed by atoms with Gasteiger partial charge in [-0.15, -0.1) is 0 Å². The van der Waals surface area contributed by atoms with Crippen LogP contribution in [0.4, 0.5) is 5.69 Å². The van der Waals surface area contributed by atoms with Crippen molar-refractivity contribution in [2.24, 2.45) is 0 Å². The van der Waals surface area contributed by atoms with Gasteiger partial charge in [0.2, 0.25) is 0 Å². The molecule has 0 bridgehead atoms. The molecule has 25 heavy (non-hydrogen) atoms. The molecule has 0 saturated heterocycles. The summed E-state index contributed by atoms with van der Waals surface area (Å²) in [5, 5.41) is 5.32. The van der Waals surface area contributed by atoms with Crippen LogP contribution in [0.25, 0.3) is 10.9 Å². The van der Waals surface area contributed by atoms with Gasteiger partial charge >= 0.3 is 0 Å². The predicted octanol–water partition coefficient (Wildman–Crippen LogP) is 5.26. The number of aromatic nitrogens is 1. The number of halogens is 1. The first kappa shape index (κ1) is 16.2. The van der Waals surface area contributed by atoms with Crippen molar-refractivity contribution in [2.45, 2.75) is 32.3 Å². The Morgan fingerprint density at radius 3 is 2.96 bits per heavy atom. The van der Waals surface area contributed by atoms with E-state index in [2.05, 4.69) is 42.3 Å². The van der Waals surface area contributed by atoms with Gasteiger partial charge in [0.1, 0.15) is 11.4 Å².